The molecule has 5 N–H and O–H groups in total. The summed E-state index contributed by atoms with van der Waals surface area (Å²) in [5.74, 6) is -2.19. The van der Waals surface area contributed by atoms with Crippen molar-refractivity contribution >= 4 is 23.6 Å². The van der Waals surface area contributed by atoms with Crippen LogP contribution in [0.4, 0.5) is 0 Å². The van der Waals surface area contributed by atoms with Gasteiger partial charge in [0, 0.05) is 26.1 Å². The lowest BCUT2D eigenvalue weighted by Crippen LogP contribution is -2.60. The van der Waals surface area contributed by atoms with E-state index in [4.69, 9.17) is 10.8 Å². The number of primary amides is 1. The predicted octanol–water partition coefficient (Wildman–Crippen LogP) is -0.977. The van der Waals surface area contributed by atoms with Crippen molar-refractivity contribution in [3.8, 4) is 0 Å². The van der Waals surface area contributed by atoms with E-state index in [9.17, 15) is 19.2 Å². The number of nitrogens with one attached hydrogen (secondary N) is 2. The van der Waals surface area contributed by atoms with E-state index in [1.165, 1.54) is 9.58 Å². The van der Waals surface area contributed by atoms with Crippen molar-refractivity contribution in [2.45, 2.75) is 44.3 Å². The van der Waals surface area contributed by atoms with Crippen molar-refractivity contribution in [1.29, 1.82) is 0 Å². The number of hydrogen-bond donors (Lipinski definition) is 4. The average Bonchev–Trinajstić information content (AvgIpc) is 3.16. The van der Waals surface area contributed by atoms with E-state index in [1.807, 2.05) is 30.3 Å². The number of carbonyl (C=O) groups is 4. The molecular weight excluding hydrogens is 440 g/mol. The molecule has 2 aromatic rings. The van der Waals surface area contributed by atoms with Gasteiger partial charge in [0.1, 0.15) is 24.4 Å². The fraction of sp³-hybridized carbons (Fsp3) is 0.435. The fourth-order valence-corrected chi connectivity index (χ4v) is 4.16. The van der Waals surface area contributed by atoms with Crippen LogP contribution in [0.3, 0.4) is 0 Å². The second kappa shape index (κ2) is 10.9. The van der Waals surface area contributed by atoms with Crippen LogP contribution in [0.5, 0.6) is 0 Å². The van der Waals surface area contributed by atoms with Crippen molar-refractivity contribution in [3.05, 3.63) is 53.3 Å². The first kappa shape index (κ1) is 24.9. The molecule has 0 saturated carbocycles. The number of amides is 4. The number of nitrogens with zero attached hydrogens (tertiary/aromatic N) is 3. The summed E-state index contributed by atoms with van der Waals surface area (Å²) in [7, 11) is 1.65. The number of benzene rings is 1. The third-order valence-electron chi connectivity index (χ3n) is 5.84. The van der Waals surface area contributed by atoms with E-state index in [-0.39, 0.29) is 25.3 Å². The molecule has 1 aliphatic rings. The molecule has 1 saturated heterocycles. The lowest BCUT2D eigenvalue weighted by molar-refractivity contribution is -0.132. The maximum atomic E-state index is 13.3. The van der Waals surface area contributed by atoms with Gasteiger partial charge < -0.3 is 26.4 Å². The van der Waals surface area contributed by atoms with Gasteiger partial charge in [0.2, 0.25) is 17.7 Å². The van der Waals surface area contributed by atoms with Crippen molar-refractivity contribution in [2.24, 2.45) is 12.8 Å². The second-order valence-corrected chi connectivity index (χ2v) is 8.41. The molecule has 1 fully saturated rings. The summed E-state index contributed by atoms with van der Waals surface area (Å²) >= 11 is 0. The van der Waals surface area contributed by atoms with Gasteiger partial charge in [-0.15, -0.1) is 0 Å². The minimum atomic E-state index is -0.974. The summed E-state index contributed by atoms with van der Waals surface area (Å²) in [6.45, 7) is 1.28. The lowest BCUT2D eigenvalue weighted by atomic mass is 9.95. The normalized spacial score (nSPS) is 18.7. The quantitative estimate of drug-likeness (QED) is 0.388. The Morgan fingerprint density at radius 2 is 1.94 bits per heavy atom. The van der Waals surface area contributed by atoms with Crippen molar-refractivity contribution in [2.75, 3.05) is 13.2 Å². The van der Waals surface area contributed by atoms with Crippen molar-refractivity contribution in [1.82, 2.24) is 25.3 Å². The molecule has 0 bridgehead atoms. The molecular formula is C23H30N6O5. The average molecular weight is 471 g/mol. The SMILES string of the molecule is Cc1cc(C(=O)N2CCC(NC(=O)CO)CC2C(=O)NC(Cc2ccccc2)C(N)=O)n(C)n1. The molecule has 0 spiro atoms. The molecule has 182 valence electrons. The van der Waals surface area contributed by atoms with Crippen LogP contribution in [0.2, 0.25) is 0 Å². The summed E-state index contributed by atoms with van der Waals surface area (Å²) in [5.41, 5.74) is 7.36. The third kappa shape index (κ3) is 5.98. The molecule has 0 radical (unpaired) electrons. The summed E-state index contributed by atoms with van der Waals surface area (Å²) in [5, 5.41) is 18.6. The van der Waals surface area contributed by atoms with Crippen LogP contribution in [-0.4, -0.2) is 74.7 Å². The van der Waals surface area contributed by atoms with Gasteiger partial charge in [-0.1, -0.05) is 30.3 Å². The van der Waals surface area contributed by atoms with E-state index < -0.39 is 42.5 Å². The third-order valence-corrected chi connectivity index (χ3v) is 5.84. The first-order valence-corrected chi connectivity index (χ1v) is 11.0. The Morgan fingerprint density at radius 3 is 2.53 bits per heavy atom. The fourth-order valence-electron chi connectivity index (χ4n) is 4.16. The van der Waals surface area contributed by atoms with Gasteiger partial charge in [-0.05, 0) is 31.4 Å². The highest BCUT2D eigenvalue weighted by molar-refractivity contribution is 5.97. The molecule has 1 aromatic heterocycles. The van der Waals surface area contributed by atoms with Gasteiger partial charge in [-0.2, -0.15) is 5.10 Å². The van der Waals surface area contributed by atoms with Crippen molar-refractivity contribution < 1.29 is 24.3 Å². The monoisotopic (exact) mass is 470 g/mol. The van der Waals surface area contributed by atoms with Crippen LogP contribution in [0.25, 0.3) is 0 Å². The molecule has 3 atom stereocenters. The summed E-state index contributed by atoms with van der Waals surface area (Å²) in [6.07, 6.45) is 0.729. The van der Waals surface area contributed by atoms with Crippen LogP contribution in [-0.2, 0) is 27.9 Å². The molecule has 2 heterocycles. The number of aromatic nitrogens is 2. The van der Waals surface area contributed by atoms with Gasteiger partial charge in [0.15, 0.2) is 0 Å². The van der Waals surface area contributed by atoms with E-state index in [2.05, 4.69) is 15.7 Å². The summed E-state index contributed by atoms with van der Waals surface area (Å²) in [4.78, 5) is 51.9. The van der Waals surface area contributed by atoms with Gasteiger partial charge in [-0.3, -0.25) is 23.9 Å². The Balaban J connectivity index is 1.83. The minimum Gasteiger partial charge on any atom is -0.387 e. The number of aryl methyl sites for hydroxylation is 2. The molecule has 4 amide bonds. The Morgan fingerprint density at radius 1 is 1.24 bits per heavy atom. The number of hydrogen-bond acceptors (Lipinski definition) is 6. The Kier molecular flexibility index (Phi) is 8.00. The highest BCUT2D eigenvalue weighted by atomic mass is 16.3. The predicted molar refractivity (Wildman–Crippen MR) is 122 cm³/mol. The van der Waals surface area contributed by atoms with E-state index in [0.717, 1.165) is 5.56 Å². The van der Waals surface area contributed by atoms with Crippen LogP contribution < -0.4 is 16.4 Å². The maximum Gasteiger partial charge on any atom is 0.272 e. The number of aliphatic hydroxyl groups is 1. The van der Waals surface area contributed by atoms with E-state index in [0.29, 0.717) is 17.8 Å². The Hall–Kier alpha value is -3.73. The largest absolute Gasteiger partial charge is 0.387 e. The molecule has 1 aromatic carbocycles. The number of carbonyl (C=O) groups excluding carboxylic acids is 4. The molecule has 3 rings (SSSR count). The molecule has 11 heteroatoms. The van der Waals surface area contributed by atoms with Gasteiger partial charge in [-0.25, -0.2) is 0 Å². The van der Waals surface area contributed by atoms with Crippen molar-refractivity contribution in [3.63, 3.8) is 0 Å². The molecule has 3 unspecified atom stereocenters. The number of likely N-dealkylation sites (tertiary alicyclic amines) is 1. The Labute approximate surface area is 197 Å². The topological polar surface area (TPSA) is 160 Å². The minimum absolute atomic E-state index is 0.122. The zero-order valence-corrected chi connectivity index (χ0v) is 19.2. The molecule has 11 nitrogen and oxygen atoms in total. The maximum absolute atomic E-state index is 13.3. The number of piperidine rings is 1. The zero-order valence-electron chi connectivity index (χ0n) is 19.2. The number of nitrogens with two attached hydrogens (primary N) is 1. The first-order valence-electron chi connectivity index (χ1n) is 11.0. The molecule has 34 heavy (non-hydrogen) atoms. The smallest absolute Gasteiger partial charge is 0.272 e. The summed E-state index contributed by atoms with van der Waals surface area (Å²) < 4.78 is 1.45. The molecule has 1 aliphatic heterocycles. The highest BCUT2D eigenvalue weighted by Gasteiger charge is 2.39. The zero-order chi connectivity index (χ0) is 24.8. The standard InChI is InChI=1S/C23H30N6O5/c1-14-10-19(28(2)27-14)23(34)29-9-8-16(25-20(31)13-30)12-18(29)22(33)26-17(21(24)32)11-15-6-4-3-5-7-15/h3-7,10,16-18,30H,8-9,11-13H2,1-2H3,(H2,24,32)(H,25,31)(H,26,33). The molecule has 0 aliphatic carbocycles. The summed E-state index contributed by atoms with van der Waals surface area (Å²) in [6, 6.07) is 8.41. The van der Waals surface area contributed by atoms with Crippen LogP contribution in [0.15, 0.2) is 36.4 Å². The van der Waals surface area contributed by atoms with Crippen LogP contribution in [0.1, 0.15) is 34.6 Å². The first-order chi connectivity index (χ1) is 16.2. The van der Waals surface area contributed by atoms with Gasteiger partial charge >= 0.3 is 0 Å². The van der Waals surface area contributed by atoms with E-state index in [1.54, 1.807) is 20.0 Å². The van der Waals surface area contributed by atoms with Crippen LogP contribution >= 0.6 is 0 Å². The van der Waals surface area contributed by atoms with Gasteiger partial charge in [0.25, 0.3) is 5.91 Å². The highest BCUT2D eigenvalue weighted by Crippen LogP contribution is 2.21. The van der Waals surface area contributed by atoms with E-state index >= 15 is 0 Å². The Bertz CT molecular complexity index is 1050. The number of aliphatic hydroxyl groups excluding tert-OH is 1. The van der Waals surface area contributed by atoms with Gasteiger partial charge in [0.05, 0.1) is 5.69 Å². The second-order valence-electron chi connectivity index (χ2n) is 8.41. The van der Waals surface area contributed by atoms with Crippen LogP contribution in [0, 0.1) is 6.92 Å². The lowest BCUT2D eigenvalue weighted by Gasteiger charge is -2.39. The number of rotatable bonds is 8.